The van der Waals surface area contributed by atoms with Gasteiger partial charge in [-0.25, -0.2) is 9.37 Å². The molecular weight excluding hydrogens is 345 g/mol. The van der Waals surface area contributed by atoms with Gasteiger partial charge in [0.15, 0.2) is 5.82 Å². The summed E-state index contributed by atoms with van der Waals surface area (Å²) in [4.78, 5) is 14.9. The van der Waals surface area contributed by atoms with Crippen molar-refractivity contribution in [2.45, 2.75) is 6.92 Å². The first-order chi connectivity index (χ1) is 12.0. The maximum Gasteiger partial charge on any atom is 0.308 e. The molecule has 0 amide bonds. The topological polar surface area (TPSA) is 48.4 Å². The minimum Gasteiger partial charge on any atom is -0.436 e. The van der Waals surface area contributed by atoms with E-state index in [0.717, 1.165) is 17.2 Å². The number of benzene rings is 2. The molecule has 0 aliphatic carbocycles. The lowest BCUT2D eigenvalue weighted by molar-refractivity contribution is -0.131. The zero-order valence-corrected chi connectivity index (χ0v) is 14.0. The van der Waals surface area contributed by atoms with Crippen LogP contribution in [0, 0.1) is 5.82 Å². The standard InChI is InChI=1S/C19H13ClFNO3/c1-12(23)24-17-4-2-3-14(9-17)13-5-7-16(8-6-13)25-19-18(21)10-15(20)11-22-19/h2-11H,1H3. The largest absolute Gasteiger partial charge is 0.436 e. The number of esters is 1. The van der Waals surface area contributed by atoms with Crippen LogP contribution < -0.4 is 9.47 Å². The van der Waals surface area contributed by atoms with E-state index in [9.17, 15) is 9.18 Å². The van der Waals surface area contributed by atoms with E-state index in [1.165, 1.54) is 13.1 Å². The molecule has 0 N–H and O–H groups in total. The summed E-state index contributed by atoms with van der Waals surface area (Å²) in [7, 11) is 0. The van der Waals surface area contributed by atoms with Crippen LogP contribution in [0.2, 0.25) is 5.02 Å². The molecule has 1 heterocycles. The lowest BCUT2D eigenvalue weighted by Gasteiger charge is -2.08. The van der Waals surface area contributed by atoms with Crippen molar-refractivity contribution in [3.8, 4) is 28.5 Å². The Morgan fingerprint density at radius 3 is 2.48 bits per heavy atom. The van der Waals surface area contributed by atoms with Crippen LogP contribution in [0.5, 0.6) is 17.4 Å². The van der Waals surface area contributed by atoms with Gasteiger partial charge >= 0.3 is 5.97 Å². The fraction of sp³-hybridized carbons (Fsp3) is 0.0526. The van der Waals surface area contributed by atoms with Crippen LogP contribution in [0.1, 0.15) is 6.92 Å². The fourth-order valence-electron chi connectivity index (χ4n) is 2.21. The molecule has 6 heteroatoms. The maximum absolute atomic E-state index is 13.7. The number of rotatable bonds is 4. The molecule has 0 aliphatic rings. The van der Waals surface area contributed by atoms with E-state index in [4.69, 9.17) is 21.1 Å². The average Bonchev–Trinajstić information content (AvgIpc) is 2.58. The molecule has 0 saturated carbocycles. The van der Waals surface area contributed by atoms with Gasteiger partial charge in [-0.1, -0.05) is 35.9 Å². The summed E-state index contributed by atoms with van der Waals surface area (Å²) in [5.41, 5.74) is 1.77. The molecule has 0 aliphatic heterocycles. The number of hydrogen-bond acceptors (Lipinski definition) is 4. The van der Waals surface area contributed by atoms with Gasteiger partial charge in [-0.3, -0.25) is 4.79 Å². The van der Waals surface area contributed by atoms with Gasteiger partial charge in [0.1, 0.15) is 11.5 Å². The number of hydrogen-bond donors (Lipinski definition) is 0. The molecule has 0 atom stereocenters. The highest BCUT2D eigenvalue weighted by molar-refractivity contribution is 6.30. The minimum atomic E-state index is -0.634. The van der Waals surface area contributed by atoms with Gasteiger partial charge in [-0.05, 0) is 41.5 Å². The van der Waals surface area contributed by atoms with Gasteiger partial charge in [-0.2, -0.15) is 0 Å². The fourth-order valence-corrected chi connectivity index (χ4v) is 2.35. The molecule has 2 aromatic carbocycles. The van der Waals surface area contributed by atoms with Crippen LogP contribution in [0.4, 0.5) is 4.39 Å². The predicted octanol–water partition coefficient (Wildman–Crippen LogP) is 5.26. The molecule has 0 bridgehead atoms. The summed E-state index contributed by atoms with van der Waals surface area (Å²) in [6, 6.07) is 15.3. The molecule has 0 saturated heterocycles. The van der Waals surface area contributed by atoms with Crippen molar-refractivity contribution in [1.82, 2.24) is 4.98 Å². The summed E-state index contributed by atoms with van der Waals surface area (Å²) in [5.74, 6) is -0.246. The van der Waals surface area contributed by atoms with Crippen molar-refractivity contribution in [2.24, 2.45) is 0 Å². The second-order valence-electron chi connectivity index (χ2n) is 5.19. The minimum absolute atomic E-state index is 0.144. The van der Waals surface area contributed by atoms with Crippen LogP contribution >= 0.6 is 11.6 Å². The summed E-state index contributed by atoms with van der Waals surface area (Å²) >= 11 is 5.66. The van der Waals surface area contributed by atoms with E-state index >= 15 is 0 Å². The number of carbonyl (C=O) groups is 1. The maximum atomic E-state index is 13.7. The van der Waals surface area contributed by atoms with Gasteiger partial charge in [0.05, 0.1) is 5.02 Å². The molecule has 0 radical (unpaired) electrons. The van der Waals surface area contributed by atoms with Crippen molar-refractivity contribution in [1.29, 1.82) is 0 Å². The third-order valence-corrected chi connectivity index (χ3v) is 3.48. The molecule has 4 nitrogen and oxygen atoms in total. The van der Waals surface area contributed by atoms with Crippen LogP contribution in [-0.2, 0) is 4.79 Å². The third kappa shape index (κ3) is 4.33. The number of nitrogens with zero attached hydrogens (tertiary/aromatic N) is 1. The van der Waals surface area contributed by atoms with Crippen molar-refractivity contribution >= 4 is 17.6 Å². The highest BCUT2D eigenvalue weighted by Gasteiger charge is 2.08. The second-order valence-corrected chi connectivity index (χ2v) is 5.62. The highest BCUT2D eigenvalue weighted by Crippen LogP contribution is 2.28. The summed E-state index contributed by atoms with van der Waals surface area (Å²) in [5, 5.41) is 0.202. The molecule has 0 fully saturated rings. The number of carbonyl (C=O) groups excluding carboxylic acids is 1. The summed E-state index contributed by atoms with van der Waals surface area (Å²) in [6.07, 6.45) is 1.31. The molecule has 1 aromatic heterocycles. The summed E-state index contributed by atoms with van der Waals surface area (Å²) in [6.45, 7) is 1.35. The van der Waals surface area contributed by atoms with Gasteiger partial charge < -0.3 is 9.47 Å². The number of ether oxygens (including phenoxy) is 2. The van der Waals surface area contributed by atoms with E-state index in [1.807, 2.05) is 18.2 Å². The predicted molar refractivity (Wildman–Crippen MR) is 92.5 cm³/mol. The van der Waals surface area contributed by atoms with Crippen molar-refractivity contribution in [3.05, 3.63) is 71.6 Å². The first-order valence-electron chi connectivity index (χ1n) is 7.39. The highest BCUT2D eigenvalue weighted by atomic mass is 35.5. The van der Waals surface area contributed by atoms with Crippen LogP contribution in [0.25, 0.3) is 11.1 Å². The lowest BCUT2D eigenvalue weighted by Crippen LogP contribution is -2.01. The molecule has 0 unspecified atom stereocenters. The van der Waals surface area contributed by atoms with Crippen molar-refractivity contribution in [2.75, 3.05) is 0 Å². The van der Waals surface area contributed by atoms with E-state index in [2.05, 4.69) is 4.98 Å². The van der Waals surface area contributed by atoms with Crippen molar-refractivity contribution in [3.63, 3.8) is 0 Å². The van der Waals surface area contributed by atoms with Crippen LogP contribution in [0.15, 0.2) is 60.8 Å². The number of aromatic nitrogens is 1. The first-order valence-corrected chi connectivity index (χ1v) is 7.77. The van der Waals surface area contributed by atoms with Gasteiger partial charge in [0, 0.05) is 13.1 Å². The Balaban J connectivity index is 1.79. The summed E-state index contributed by atoms with van der Waals surface area (Å²) < 4.78 is 24.2. The van der Waals surface area contributed by atoms with Gasteiger partial charge in [-0.15, -0.1) is 0 Å². The van der Waals surface area contributed by atoms with Gasteiger partial charge in [0.2, 0.25) is 0 Å². The van der Waals surface area contributed by atoms with E-state index < -0.39 is 5.82 Å². The Morgan fingerprint density at radius 2 is 1.80 bits per heavy atom. The Hall–Kier alpha value is -2.92. The molecule has 126 valence electrons. The van der Waals surface area contributed by atoms with Crippen LogP contribution in [-0.4, -0.2) is 11.0 Å². The first kappa shape index (κ1) is 16.9. The van der Waals surface area contributed by atoms with Crippen molar-refractivity contribution < 1.29 is 18.7 Å². The quantitative estimate of drug-likeness (QED) is 0.472. The Kier molecular flexibility index (Phi) is 4.95. The zero-order valence-electron chi connectivity index (χ0n) is 13.2. The normalized spacial score (nSPS) is 10.4. The molecule has 3 rings (SSSR count). The smallest absolute Gasteiger partial charge is 0.308 e. The Bertz CT molecular complexity index is 913. The Labute approximate surface area is 148 Å². The lowest BCUT2D eigenvalue weighted by atomic mass is 10.1. The average molecular weight is 358 g/mol. The Morgan fingerprint density at radius 1 is 1.04 bits per heavy atom. The van der Waals surface area contributed by atoms with Gasteiger partial charge in [0.25, 0.3) is 5.88 Å². The molecule has 3 aromatic rings. The van der Waals surface area contributed by atoms with E-state index in [1.54, 1.807) is 30.3 Å². The zero-order chi connectivity index (χ0) is 17.8. The van der Waals surface area contributed by atoms with E-state index in [0.29, 0.717) is 11.5 Å². The third-order valence-electron chi connectivity index (χ3n) is 3.27. The number of halogens is 2. The molecule has 0 spiro atoms. The molecular formula is C19H13ClFNO3. The monoisotopic (exact) mass is 357 g/mol. The SMILES string of the molecule is CC(=O)Oc1cccc(-c2ccc(Oc3ncc(Cl)cc3F)cc2)c1. The second kappa shape index (κ2) is 7.32. The number of pyridine rings is 1. The van der Waals surface area contributed by atoms with E-state index in [-0.39, 0.29) is 16.9 Å². The molecule has 25 heavy (non-hydrogen) atoms. The van der Waals surface area contributed by atoms with Crippen LogP contribution in [0.3, 0.4) is 0 Å².